The zero-order valence-corrected chi connectivity index (χ0v) is 35.6. The summed E-state index contributed by atoms with van der Waals surface area (Å²) >= 11 is 7.15. The number of thioether (sulfide) groups is 1. The maximum absolute atomic E-state index is 13.1. The normalized spacial score (nSPS) is 12.9. The minimum absolute atomic E-state index is 0. The van der Waals surface area contributed by atoms with Gasteiger partial charge in [-0.15, -0.1) is 24.8 Å². The van der Waals surface area contributed by atoms with Gasteiger partial charge in [0.1, 0.15) is 53.8 Å². The number of rotatable bonds is 19. The molecular weight excluding hydrogens is 881 g/mol. The lowest BCUT2D eigenvalue weighted by atomic mass is 9.97. The molecule has 2 heterocycles. The number of aliphatic hydroxyl groups excluding tert-OH is 2. The highest BCUT2D eigenvalue weighted by Crippen LogP contribution is 2.37. The summed E-state index contributed by atoms with van der Waals surface area (Å²) in [4.78, 5) is 58.5. The van der Waals surface area contributed by atoms with Gasteiger partial charge in [-0.1, -0.05) is 35.5 Å². The van der Waals surface area contributed by atoms with E-state index in [4.69, 9.17) is 47.4 Å². The Kier molecular flexibility index (Phi) is 20.7. The highest BCUT2D eigenvalue weighted by Gasteiger charge is 2.32. The number of benzene rings is 2. The number of nitrogen functional groups attached to an aromatic ring is 1. The lowest BCUT2D eigenvalue weighted by Gasteiger charge is -2.25. The molecule has 2 aromatic heterocycles. The largest absolute Gasteiger partial charge is 0.490 e. The van der Waals surface area contributed by atoms with Crippen LogP contribution >= 0.6 is 48.2 Å². The summed E-state index contributed by atoms with van der Waals surface area (Å²) in [6.45, 7) is 0.386. The molecule has 0 aliphatic rings. The molecule has 23 heteroatoms. The van der Waals surface area contributed by atoms with Gasteiger partial charge in [-0.05, 0) is 55.8 Å². The number of carbonyl (C=O) groups is 4. The number of carbonyl (C=O) groups excluding carboxylic acids is 4. The molecule has 19 nitrogen and oxygen atoms in total. The molecule has 0 spiro atoms. The van der Waals surface area contributed by atoms with Crippen LogP contribution < -0.4 is 32.6 Å². The number of nitrogens with zero attached hydrogens (tertiary/aromatic N) is 4. The number of nitrogens with two attached hydrogens (primary N) is 3. The van der Waals surface area contributed by atoms with Crippen molar-refractivity contribution < 1.29 is 48.0 Å². The Morgan fingerprint density at radius 2 is 1.41 bits per heavy atom. The Hall–Kier alpha value is -5.68. The van der Waals surface area contributed by atoms with Gasteiger partial charge in [-0.3, -0.25) is 9.59 Å². The van der Waals surface area contributed by atoms with Gasteiger partial charge in [0, 0.05) is 21.9 Å². The Bertz CT molecular complexity index is 2220. The number of hydrogen-bond donors (Lipinski definition) is 7. The van der Waals surface area contributed by atoms with E-state index in [9.17, 15) is 39.9 Å². The quantitative estimate of drug-likeness (QED) is 0.0522. The maximum Gasteiger partial charge on any atom is 0.331 e. The van der Waals surface area contributed by atoms with Gasteiger partial charge in [-0.2, -0.15) is 10.5 Å². The molecule has 0 fully saturated rings. The van der Waals surface area contributed by atoms with E-state index in [1.807, 2.05) is 6.07 Å². The lowest BCUT2D eigenvalue weighted by Crippen LogP contribution is -2.52. The first-order chi connectivity index (χ1) is 28.2. The van der Waals surface area contributed by atoms with Crippen molar-refractivity contribution in [2.45, 2.75) is 55.0 Å². The topological polar surface area (TPSA) is 325 Å². The van der Waals surface area contributed by atoms with Crippen molar-refractivity contribution in [2.24, 2.45) is 11.5 Å². The van der Waals surface area contributed by atoms with Crippen LogP contribution in [0, 0.1) is 22.7 Å². The fourth-order valence-electron chi connectivity index (χ4n) is 5.18. The van der Waals surface area contributed by atoms with Crippen molar-refractivity contribution in [2.75, 3.05) is 32.0 Å². The van der Waals surface area contributed by atoms with Crippen molar-refractivity contribution in [3.63, 3.8) is 0 Å². The number of halogens is 3. The Morgan fingerprint density at radius 3 is 1.95 bits per heavy atom. The Morgan fingerprint density at radius 1 is 0.852 bits per heavy atom. The molecule has 0 saturated carbocycles. The average molecular weight is 923 g/mol. The highest BCUT2D eigenvalue weighted by atomic mass is 35.5. The summed E-state index contributed by atoms with van der Waals surface area (Å²) in [6.07, 6.45) is -2.71. The summed E-state index contributed by atoms with van der Waals surface area (Å²) in [7, 11) is 0. The number of anilines is 1. The lowest BCUT2D eigenvalue weighted by molar-refractivity contribution is -0.167. The first-order valence-electron chi connectivity index (χ1n) is 17.6. The predicted octanol–water partition coefficient (Wildman–Crippen LogP) is 2.00. The zero-order valence-electron chi connectivity index (χ0n) is 32.4. The third-order valence-electron chi connectivity index (χ3n) is 8.16. The van der Waals surface area contributed by atoms with E-state index < -0.39 is 80.5 Å². The van der Waals surface area contributed by atoms with Crippen LogP contribution in [0.15, 0.2) is 64.2 Å². The maximum atomic E-state index is 13.1. The zero-order chi connectivity index (χ0) is 43.2. The monoisotopic (exact) mass is 921 g/mol. The molecule has 10 N–H and O–H groups in total. The Labute approximate surface area is 371 Å². The molecule has 326 valence electrons. The van der Waals surface area contributed by atoms with Crippen LogP contribution in [0.5, 0.6) is 5.75 Å². The summed E-state index contributed by atoms with van der Waals surface area (Å²) in [5.74, 6) is -3.01. The number of oxazole rings is 1. The van der Waals surface area contributed by atoms with Crippen molar-refractivity contribution >= 4 is 77.7 Å². The van der Waals surface area contributed by atoms with Gasteiger partial charge >= 0.3 is 11.9 Å². The predicted molar refractivity (Wildman–Crippen MR) is 226 cm³/mol. The van der Waals surface area contributed by atoms with Gasteiger partial charge in [-0.25, -0.2) is 19.6 Å². The molecule has 2 unspecified atom stereocenters. The second-order valence-corrected chi connectivity index (χ2v) is 14.0. The molecule has 5 atom stereocenters. The molecule has 0 aliphatic carbocycles. The van der Waals surface area contributed by atoms with Gasteiger partial charge in [0.2, 0.25) is 17.7 Å². The molecule has 0 radical (unpaired) electrons. The van der Waals surface area contributed by atoms with E-state index >= 15 is 0 Å². The minimum Gasteiger partial charge on any atom is -0.490 e. The summed E-state index contributed by atoms with van der Waals surface area (Å²) in [6, 6.07) is 14.1. The van der Waals surface area contributed by atoms with Crippen molar-refractivity contribution in [3.05, 3.63) is 76.6 Å². The number of ether oxygens (including phenoxy) is 3. The van der Waals surface area contributed by atoms with Crippen LogP contribution in [0.4, 0.5) is 5.82 Å². The van der Waals surface area contributed by atoms with Crippen LogP contribution in [0.2, 0.25) is 5.02 Å². The second kappa shape index (κ2) is 24.5. The van der Waals surface area contributed by atoms with Gasteiger partial charge in [0.15, 0.2) is 18.2 Å². The van der Waals surface area contributed by atoms with Gasteiger partial charge in [0.05, 0.1) is 36.6 Å². The summed E-state index contributed by atoms with van der Waals surface area (Å²) in [5, 5.41) is 45.8. The number of amides is 2. The molecule has 0 bridgehead atoms. The van der Waals surface area contributed by atoms with E-state index in [-0.39, 0.29) is 63.9 Å². The third-order valence-corrected chi connectivity index (χ3v) is 9.43. The number of nitriles is 2. The minimum atomic E-state index is -1.56. The molecule has 2 amide bonds. The number of nitrogens with one attached hydrogen (secondary N) is 2. The molecule has 2 aromatic carbocycles. The fraction of sp³-hybridized carbons (Fsp3) is 0.316. The number of hydrogen-bond acceptors (Lipinski definition) is 18. The molecular formula is C38H42Cl3N9O10S. The van der Waals surface area contributed by atoms with Crippen LogP contribution in [0.3, 0.4) is 0 Å². The van der Waals surface area contributed by atoms with E-state index in [1.165, 1.54) is 44.0 Å². The van der Waals surface area contributed by atoms with E-state index in [0.29, 0.717) is 27.7 Å². The highest BCUT2D eigenvalue weighted by molar-refractivity contribution is 7.98. The average Bonchev–Trinajstić information content (AvgIpc) is 3.70. The van der Waals surface area contributed by atoms with Crippen molar-refractivity contribution in [1.82, 2.24) is 20.6 Å². The van der Waals surface area contributed by atoms with Crippen molar-refractivity contribution in [1.29, 1.82) is 10.5 Å². The Balaban J connectivity index is 0.00000641. The summed E-state index contributed by atoms with van der Waals surface area (Å²) in [5.41, 5.74) is 18.8. The molecule has 61 heavy (non-hydrogen) atoms. The summed E-state index contributed by atoms with van der Waals surface area (Å²) < 4.78 is 22.2. The smallest absolute Gasteiger partial charge is 0.331 e. The van der Waals surface area contributed by atoms with E-state index in [2.05, 4.69) is 26.7 Å². The van der Waals surface area contributed by atoms with Gasteiger partial charge in [0.25, 0.3) is 0 Å². The van der Waals surface area contributed by atoms with E-state index in [1.54, 1.807) is 36.4 Å². The third kappa shape index (κ3) is 14.2. The second-order valence-electron chi connectivity index (χ2n) is 12.6. The van der Waals surface area contributed by atoms with Crippen molar-refractivity contribution in [3.8, 4) is 40.5 Å². The SMILES string of the molecule is CC(O)C(NC(=O)CN)C(=O)O[C@H](COC(=O)[C@@H](NC(=O)CN)[C@@H](C)O)COc1ccc(-c2c(C#N)c(N)nc(SCc3coc(-c4ccc(Cl)cc4)n3)c2C#N)cc1.Cl.Cl. The number of pyridine rings is 1. The number of esters is 2. The first kappa shape index (κ1) is 51.5. The van der Waals surface area contributed by atoms with E-state index in [0.717, 1.165) is 0 Å². The van der Waals surface area contributed by atoms with Crippen LogP contribution in [0.1, 0.15) is 30.7 Å². The van der Waals surface area contributed by atoms with Crippen LogP contribution in [-0.4, -0.2) is 101 Å². The van der Waals surface area contributed by atoms with Crippen LogP contribution in [-0.2, 0) is 34.4 Å². The fourth-order valence-corrected chi connectivity index (χ4v) is 6.17. The van der Waals surface area contributed by atoms with Gasteiger partial charge < -0.3 is 56.7 Å². The van der Waals surface area contributed by atoms with Crippen LogP contribution in [0.25, 0.3) is 22.6 Å². The standard InChI is InChI=1S/C38H40ClN9O10S.2ClH/c1-19(49)32(46-29(51)13-42)37(53)57-17-26(58-38(54)33(20(2)50)47-30(52)14-43)16-55-25-9-5-21(6-10-25)31-27(11-40)34(44)48-36(28(31)12-41)59-18-24-15-56-35(45-24)22-3-7-23(39)8-4-22;;/h3-10,15,19-20,26,32-33,49-50H,13-14,16-18,42-43H2,1-2H3,(H2,44,48)(H,46,51)(H,47,52);2*1H/t19-,20?,26+,32+,33?;;/m1../s1. The first-order valence-corrected chi connectivity index (χ1v) is 19.0. The molecule has 4 rings (SSSR count). The number of aliphatic hydroxyl groups is 2. The molecule has 0 aliphatic heterocycles. The number of aromatic nitrogens is 2. The molecule has 0 saturated heterocycles. The molecule has 4 aromatic rings.